The lowest BCUT2D eigenvalue weighted by atomic mass is 10.2. The number of likely N-dealkylation sites (N-methyl/N-ethyl adjacent to an activating group) is 1. The van der Waals surface area contributed by atoms with Crippen LogP contribution in [0.2, 0.25) is 0 Å². The normalized spacial score (nSPS) is 11.2. The number of hydrogen-bond acceptors (Lipinski definition) is 5. The van der Waals surface area contributed by atoms with Gasteiger partial charge in [0, 0.05) is 19.3 Å². The maximum atomic E-state index is 11.5. The minimum Gasteiger partial charge on any atom is -0.398 e. The van der Waals surface area contributed by atoms with E-state index in [0.29, 0.717) is 12.2 Å². The molecule has 0 aliphatic rings. The van der Waals surface area contributed by atoms with Gasteiger partial charge < -0.3 is 16.0 Å². The van der Waals surface area contributed by atoms with Crippen LogP contribution in [0.3, 0.4) is 0 Å². The first kappa shape index (κ1) is 16.3. The number of nitrogen functional groups attached to an aromatic ring is 1. The number of anilines is 2. The summed E-state index contributed by atoms with van der Waals surface area (Å²) in [5.41, 5.74) is 6.47. The molecule has 1 aromatic carbocycles. The highest BCUT2D eigenvalue weighted by atomic mass is 32.2. The van der Waals surface area contributed by atoms with Crippen LogP contribution in [0.5, 0.6) is 0 Å². The van der Waals surface area contributed by atoms with Crippen LogP contribution in [0.25, 0.3) is 0 Å². The molecule has 0 saturated carbocycles. The number of nitrogens with one attached hydrogen (secondary N) is 1. The summed E-state index contributed by atoms with van der Waals surface area (Å²) in [5.74, 6) is -0.132. The molecule has 0 fully saturated rings. The first-order valence-electron chi connectivity index (χ1n) is 6.17. The second-order valence-corrected chi connectivity index (χ2v) is 5.89. The molecule has 1 amide bonds. The first-order valence-corrected chi connectivity index (χ1v) is 7.72. The van der Waals surface area contributed by atoms with Gasteiger partial charge >= 0.3 is 0 Å². The number of benzene rings is 1. The van der Waals surface area contributed by atoms with Crippen LogP contribution in [-0.4, -0.2) is 34.5 Å². The monoisotopic (exact) mass is 300 g/mol. The Morgan fingerprint density at radius 1 is 1.40 bits per heavy atom. The van der Waals surface area contributed by atoms with Gasteiger partial charge in [0.2, 0.25) is 15.9 Å². The molecule has 1 aromatic rings. The number of rotatable bonds is 6. The van der Waals surface area contributed by atoms with Gasteiger partial charge in [-0.05, 0) is 24.6 Å². The summed E-state index contributed by atoms with van der Waals surface area (Å²) in [6, 6.07) is 4.46. The largest absolute Gasteiger partial charge is 0.398 e. The standard InChI is InChI=1S/C12H20N4O3S/c1-3-6-16(8-12(17)15-2)9-4-5-11(10(13)7-9)20(14,18)19/h4-5,7H,3,6,8,13H2,1-2H3,(H,15,17)(H2,14,18,19). The van der Waals surface area contributed by atoms with Crippen molar-refractivity contribution in [3.63, 3.8) is 0 Å². The average Bonchev–Trinajstić information content (AvgIpc) is 2.36. The van der Waals surface area contributed by atoms with Gasteiger partial charge in [-0.25, -0.2) is 13.6 Å². The average molecular weight is 300 g/mol. The van der Waals surface area contributed by atoms with Crippen LogP contribution in [0.1, 0.15) is 13.3 Å². The third kappa shape index (κ3) is 4.10. The van der Waals surface area contributed by atoms with E-state index in [1.807, 2.05) is 11.8 Å². The van der Waals surface area contributed by atoms with Gasteiger partial charge in [-0.2, -0.15) is 0 Å². The Morgan fingerprint density at radius 3 is 2.50 bits per heavy atom. The highest BCUT2D eigenvalue weighted by Crippen LogP contribution is 2.24. The van der Waals surface area contributed by atoms with E-state index in [-0.39, 0.29) is 23.0 Å². The number of primary sulfonamides is 1. The summed E-state index contributed by atoms with van der Waals surface area (Å²) in [5, 5.41) is 7.61. The Hall–Kier alpha value is -1.80. The molecule has 1 rings (SSSR count). The summed E-state index contributed by atoms with van der Waals surface area (Å²) in [6.45, 7) is 2.82. The summed E-state index contributed by atoms with van der Waals surface area (Å²) in [7, 11) is -2.28. The lowest BCUT2D eigenvalue weighted by Crippen LogP contribution is -2.36. The quantitative estimate of drug-likeness (QED) is 0.633. The molecule has 0 radical (unpaired) electrons. The second-order valence-electron chi connectivity index (χ2n) is 4.36. The molecule has 0 heterocycles. The van der Waals surface area contributed by atoms with E-state index in [1.54, 1.807) is 13.1 Å². The fourth-order valence-corrected chi connectivity index (χ4v) is 2.46. The summed E-state index contributed by atoms with van der Waals surface area (Å²) < 4.78 is 22.6. The number of carbonyl (C=O) groups excluding carboxylic acids is 1. The van der Waals surface area contributed by atoms with Gasteiger partial charge in [-0.15, -0.1) is 0 Å². The van der Waals surface area contributed by atoms with E-state index < -0.39 is 10.0 Å². The minimum atomic E-state index is -3.84. The number of nitrogens with zero attached hydrogens (tertiary/aromatic N) is 1. The molecule has 112 valence electrons. The first-order chi connectivity index (χ1) is 9.29. The fourth-order valence-electron chi connectivity index (χ4n) is 1.81. The molecule has 0 aliphatic carbocycles. The maximum Gasteiger partial charge on any atom is 0.240 e. The summed E-state index contributed by atoms with van der Waals surface area (Å²) in [4.78, 5) is 13.2. The molecule has 0 spiro atoms. The number of hydrogen-bond donors (Lipinski definition) is 3. The Morgan fingerprint density at radius 2 is 2.05 bits per heavy atom. The molecule has 7 nitrogen and oxygen atoms in total. The molecule has 8 heteroatoms. The van der Waals surface area contributed by atoms with E-state index in [2.05, 4.69) is 5.32 Å². The van der Waals surface area contributed by atoms with E-state index in [0.717, 1.165) is 6.42 Å². The van der Waals surface area contributed by atoms with Crippen molar-refractivity contribution < 1.29 is 13.2 Å². The highest BCUT2D eigenvalue weighted by molar-refractivity contribution is 7.89. The Bertz CT molecular complexity index is 586. The Labute approximate surface area is 119 Å². The predicted molar refractivity (Wildman–Crippen MR) is 78.8 cm³/mol. The zero-order valence-corrected chi connectivity index (χ0v) is 12.4. The van der Waals surface area contributed by atoms with E-state index >= 15 is 0 Å². The van der Waals surface area contributed by atoms with E-state index in [4.69, 9.17) is 10.9 Å². The van der Waals surface area contributed by atoms with Crippen molar-refractivity contribution in [3.8, 4) is 0 Å². The van der Waals surface area contributed by atoms with Gasteiger partial charge in [0.25, 0.3) is 0 Å². The van der Waals surface area contributed by atoms with Gasteiger partial charge in [0.1, 0.15) is 4.90 Å². The van der Waals surface area contributed by atoms with Crippen molar-refractivity contribution in [1.29, 1.82) is 0 Å². The maximum absolute atomic E-state index is 11.5. The lowest BCUT2D eigenvalue weighted by molar-refractivity contribution is -0.119. The molecule has 0 saturated heterocycles. The van der Waals surface area contributed by atoms with Gasteiger partial charge in [0.15, 0.2) is 0 Å². The molecule has 0 atom stereocenters. The van der Waals surface area contributed by atoms with Crippen molar-refractivity contribution >= 4 is 27.3 Å². The van der Waals surface area contributed by atoms with Crippen molar-refractivity contribution in [2.75, 3.05) is 30.8 Å². The van der Waals surface area contributed by atoms with E-state index in [9.17, 15) is 13.2 Å². The third-order valence-corrected chi connectivity index (χ3v) is 3.76. The number of carbonyl (C=O) groups is 1. The van der Waals surface area contributed by atoms with Crippen LogP contribution >= 0.6 is 0 Å². The number of sulfonamides is 1. The molecule has 0 bridgehead atoms. The highest BCUT2D eigenvalue weighted by Gasteiger charge is 2.15. The molecule has 0 aromatic heterocycles. The van der Waals surface area contributed by atoms with Crippen LogP contribution in [-0.2, 0) is 14.8 Å². The zero-order valence-electron chi connectivity index (χ0n) is 11.6. The van der Waals surface area contributed by atoms with Crippen LogP contribution in [0, 0.1) is 0 Å². The molecule has 20 heavy (non-hydrogen) atoms. The molecule has 0 aliphatic heterocycles. The topological polar surface area (TPSA) is 119 Å². The zero-order chi connectivity index (χ0) is 15.3. The van der Waals surface area contributed by atoms with Crippen molar-refractivity contribution in [2.45, 2.75) is 18.2 Å². The molecule has 5 N–H and O–H groups in total. The van der Waals surface area contributed by atoms with Crippen molar-refractivity contribution in [1.82, 2.24) is 5.32 Å². The SMILES string of the molecule is CCCN(CC(=O)NC)c1ccc(S(N)(=O)=O)c(N)c1. The third-order valence-electron chi connectivity index (χ3n) is 2.77. The molecular weight excluding hydrogens is 280 g/mol. The van der Waals surface area contributed by atoms with Crippen molar-refractivity contribution in [3.05, 3.63) is 18.2 Å². The molecular formula is C12H20N4O3S. The van der Waals surface area contributed by atoms with Crippen molar-refractivity contribution in [2.24, 2.45) is 5.14 Å². The summed E-state index contributed by atoms with van der Waals surface area (Å²) in [6.07, 6.45) is 0.841. The lowest BCUT2D eigenvalue weighted by Gasteiger charge is -2.24. The predicted octanol–water partition coefficient (Wildman–Crippen LogP) is -0.121. The van der Waals surface area contributed by atoms with E-state index in [1.165, 1.54) is 12.1 Å². The molecule has 0 unspecified atom stereocenters. The number of amides is 1. The fraction of sp³-hybridized carbons (Fsp3) is 0.417. The Balaban J connectivity index is 3.10. The van der Waals surface area contributed by atoms with Gasteiger partial charge in [-0.3, -0.25) is 4.79 Å². The van der Waals surface area contributed by atoms with Crippen LogP contribution < -0.4 is 21.1 Å². The van der Waals surface area contributed by atoms with Crippen LogP contribution in [0.4, 0.5) is 11.4 Å². The smallest absolute Gasteiger partial charge is 0.240 e. The summed E-state index contributed by atoms with van der Waals surface area (Å²) >= 11 is 0. The van der Waals surface area contributed by atoms with Gasteiger partial charge in [-0.1, -0.05) is 6.92 Å². The minimum absolute atomic E-state index is 0.0722. The van der Waals surface area contributed by atoms with Gasteiger partial charge in [0.05, 0.1) is 12.2 Å². The second kappa shape index (κ2) is 6.58. The van der Waals surface area contributed by atoms with Crippen LogP contribution in [0.15, 0.2) is 23.1 Å². The number of nitrogens with two attached hydrogens (primary N) is 2. The Kier molecular flexibility index (Phi) is 5.34.